The van der Waals surface area contributed by atoms with Crippen molar-refractivity contribution in [1.29, 1.82) is 0 Å². The summed E-state index contributed by atoms with van der Waals surface area (Å²) in [6.45, 7) is 12.0. The maximum atomic E-state index is 4.10. The van der Waals surface area contributed by atoms with E-state index in [0.717, 1.165) is 0 Å². The Morgan fingerprint density at radius 2 is 1.79 bits per heavy atom. The third kappa shape index (κ3) is 5.43. The molecule has 1 atom stereocenters. The highest BCUT2D eigenvalue weighted by molar-refractivity contribution is 5.01. The first-order chi connectivity index (χ1) is 6.63. The maximum absolute atomic E-state index is 4.10. The third-order valence-electron chi connectivity index (χ3n) is 2.80. The second kappa shape index (κ2) is 8.05. The Morgan fingerprint density at radius 1 is 1.21 bits per heavy atom. The Balaban J connectivity index is 3.97. The number of hydrogen-bond donors (Lipinski definition) is 0. The topological polar surface area (TPSA) is 3.24 Å². The van der Waals surface area contributed by atoms with E-state index in [2.05, 4.69) is 39.3 Å². The monoisotopic (exact) mass is 197 g/mol. The lowest BCUT2D eigenvalue weighted by molar-refractivity contribution is 0.252. The number of hydrogen-bond acceptors (Lipinski definition) is 1. The van der Waals surface area contributed by atoms with Crippen LogP contribution in [-0.4, -0.2) is 24.5 Å². The molecule has 0 aliphatic heterocycles. The Bertz CT molecular complexity index is 151. The molecule has 0 aromatic carbocycles. The molecule has 0 aromatic heterocycles. The quantitative estimate of drug-likeness (QED) is 0.534. The molecule has 0 aliphatic carbocycles. The van der Waals surface area contributed by atoms with Crippen LogP contribution >= 0.6 is 0 Å². The highest BCUT2D eigenvalue weighted by atomic mass is 15.1. The van der Waals surface area contributed by atoms with Gasteiger partial charge in [-0.15, -0.1) is 0 Å². The van der Waals surface area contributed by atoms with Crippen molar-refractivity contribution < 1.29 is 0 Å². The van der Waals surface area contributed by atoms with Crippen LogP contribution in [-0.2, 0) is 0 Å². The Morgan fingerprint density at radius 3 is 2.21 bits per heavy atom. The molecule has 1 heteroatoms. The normalized spacial score (nSPS) is 13.2. The van der Waals surface area contributed by atoms with Crippen molar-refractivity contribution >= 4 is 0 Å². The van der Waals surface area contributed by atoms with Gasteiger partial charge in [0.1, 0.15) is 0 Å². The van der Waals surface area contributed by atoms with Gasteiger partial charge in [0.05, 0.1) is 0 Å². The van der Waals surface area contributed by atoms with Gasteiger partial charge in [-0.3, -0.25) is 4.90 Å². The second-order valence-corrected chi connectivity index (χ2v) is 4.34. The summed E-state index contributed by atoms with van der Waals surface area (Å²) < 4.78 is 0. The predicted molar refractivity (Wildman–Crippen MR) is 65.7 cm³/mol. The smallest absolute Gasteiger partial charge is 0.0299 e. The number of unbranched alkanes of at least 4 members (excludes halogenated alkanes) is 2. The van der Waals surface area contributed by atoms with Crippen molar-refractivity contribution in [1.82, 2.24) is 4.90 Å². The minimum Gasteiger partial charge on any atom is -0.300 e. The third-order valence-corrected chi connectivity index (χ3v) is 2.80. The van der Waals surface area contributed by atoms with Crippen molar-refractivity contribution in [2.75, 3.05) is 13.6 Å². The number of rotatable bonds is 8. The van der Waals surface area contributed by atoms with E-state index in [-0.39, 0.29) is 0 Å². The minimum atomic E-state index is 0.599. The molecule has 0 N–H and O–H groups in total. The van der Waals surface area contributed by atoms with E-state index in [1.54, 1.807) is 0 Å². The second-order valence-electron chi connectivity index (χ2n) is 4.34. The average molecular weight is 197 g/mol. The molecule has 0 aromatic rings. The van der Waals surface area contributed by atoms with Gasteiger partial charge in [0.25, 0.3) is 0 Å². The molecule has 0 spiro atoms. The van der Waals surface area contributed by atoms with Gasteiger partial charge in [0.2, 0.25) is 0 Å². The van der Waals surface area contributed by atoms with Crippen LogP contribution in [0, 0.1) is 0 Å². The first kappa shape index (κ1) is 13.7. The summed E-state index contributed by atoms with van der Waals surface area (Å²) in [5.41, 5.74) is 1.32. The molecular formula is C13H27N. The Hall–Kier alpha value is -0.300. The van der Waals surface area contributed by atoms with Crippen molar-refractivity contribution in [2.24, 2.45) is 0 Å². The van der Waals surface area contributed by atoms with Gasteiger partial charge < -0.3 is 0 Å². The van der Waals surface area contributed by atoms with E-state index < -0.39 is 0 Å². The van der Waals surface area contributed by atoms with Gasteiger partial charge in [0, 0.05) is 6.04 Å². The first-order valence-electron chi connectivity index (χ1n) is 5.99. The van der Waals surface area contributed by atoms with Gasteiger partial charge in [0.15, 0.2) is 0 Å². The van der Waals surface area contributed by atoms with Crippen molar-refractivity contribution in [3.05, 3.63) is 12.2 Å². The summed E-state index contributed by atoms with van der Waals surface area (Å²) in [7, 11) is 2.23. The van der Waals surface area contributed by atoms with Crippen LogP contribution < -0.4 is 0 Å². The largest absolute Gasteiger partial charge is 0.300 e. The van der Waals surface area contributed by atoms with Gasteiger partial charge >= 0.3 is 0 Å². The van der Waals surface area contributed by atoms with Crippen LogP contribution in [0.15, 0.2) is 12.2 Å². The zero-order valence-corrected chi connectivity index (χ0v) is 10.5. The minimum absolute atomic E-state index is 0.599. The van der Waals surface area contributed by atoms with Crippen LogP contribution in [0.1, 0.15) is 52.9 Å². The van der Waals surface area contributed by atoms with Crippen LogP contribution in [0.5, 0.6) is 0 Å². The molecule has 0 amide bonds. The highest BCUT2D eigenvalue weighted by Crippen LogP contribution is 2.14. The van der Waals surface area contributed by atoms with Gasteiger partial charge in [-0.25, -0.2) is 0 Å². The fourth-order valence-electron chi connectivity index (χ4n) is 1.80. The molecule has 1 unspecified atom stereocenters. The van der Waals surface area contributed by atoms with Crippen molar-refractivity contribution in [3.8, 4) is 0 Å². The zero-order chi connectivity index (χ0) is 11.0. The molecule has 0 heterocycles. The molecule has 0 aliphatic rings. The summed E-state index contributed by atoms with van der Waals surface area (Å²) in [5.74, 6) is 0. The lowest BCUT2D eigenvalue weighted by Gasteiger charge is -2.28. The summed E-state index contributed by atoms with van der Waals surface area (Å²) in [6, 6.07) is 0.599. The van der Waals surface area contributed by atoms with E-state index in [9.17, 15) is 0 Å². The molecule has 0 saturated heterocycles. The zero-order valence-electron chi connectivity index (χ0n) is 10.5. The van der Waals surface area contributed by atoms with E-state index in [0.29, 0.717) is 6.04 Å². The molecule has 84 valence electrons. The number of likely N-dealkylation sites (N-methyl/N-ethyl adjacent to an activating group) is 1. The van der Waals surface area contributed by atoms with Gasteiger partial charge in [-0.1, -0.05) is 45.3 Å². The Kier molecular flexibility index (Phi) is 7.87. The van der Waals surface area contributed by atoms with Gasteiger partial charge in [-0.05, 0) is 33.4 Å². The fraction of sp³-hybridized carbons (Fsp3) is 0.846. The Labute approximate surface area is 90.2 Å². The SMILES string of the molecule is C=C(C)C(CCCC)N(C)CCCC. The van der Waals surface area contributed by atoms with Crippen LogP contribution in [0.25, 0.3) is 0 Å². The lowest BCUT2D eigenvalue weighted by Crippen LogP contribution is -2.33. The van der Waals surface area contributed by atoms with Gasteiger partial charge in [-0.2, -0.15) is 0 Å². The molecule has 0 radical (unpaired) electrons. The van der Waals surface area contributed by atoms with E-state index >= 15 is 0 Å². The molecule has 0 saturated carbocycles. The predicted octanol–water partition coefficient (Wildman–Crippen LogP) is 3.85. The van der Waals surface area contributed by atoms with Crippen LogP contribution in [0.2, 0.25) is 0 Å². The van der Waals surface area contributed by atoms with E-state index in [1.165, 1.54) is 44.2 Å². The summed E-state index contributed by atoms with van der Waals surface area (Å²) in [5, 5.41) is 0. The molecule has 14 heavy (non-hydrogen) atoms. The van der Waals surface area contributed by atoms with Crippen molar-refractivity contribution in [3.63, 3.8) is 0 Å². The van der Waals surface area contributed by atoms with Crippen LogP contribution in [0.4, 0.5) is 0 Å². The summed E-state index contributed by atoms with van der Waals surface area (Å²) >= 11 is 0. The lowest BCUT2D eigenvalue weighted by atomic mass is 10.0. The molecule has 0 fully saturated rings. The summed E-state index contributed by atoms with van der Waals surface area (Å²) in [4.78, 5) is 2.46. The average Bonchev–Trinajstić information content (AvgIpc) is 2.14. The number of nitrogens with zero attached hydrogens (tertiary/aromatic N) is 1. The molecule has 1 nitrogen and oxygen atoms in total. The van der Waals surface area contributed by atoms with Crippen LogP contribution in [0.3, 0.4) is 0 Å². The van der Waals surface area contributed by atoms with E-state index in [1.807, 2.05) is 0 Å². The first-order valence-corrected chi connectivity index (χ1v) is 5.99. The molecule has 0 bridgehead atoms. The molecular weight excluding hydrogens is 170 g/mol. The highest BCUT2D eigenvalue weighted by Gasteiger charge is 2.13. The summed E-state index contributed by atoms with van der Waals surface area (Å²) in [6.07, 6.45) is 6.44. The molecule has 0 rings (SSSR count). The standard InChI is InChI=1S/C13H27N/c1-6-8-10-13(12(3)4)14(5)11-9-7-2/h13H,3,6-11H2,1-2,4-5H3. The fourth-order valence-corrected chi connectivity index (χ4v) is 1.80. The van der Waals surface area contributed by atoms with E-state index in [4.69, 9.17) is 0 Å². The van der Waals surface area contributed by atoms with Crippen molar-refractivity contribution in [2.45, 2.75) is 58.9 Å². The maximum Gasteiger partial charge on any atom is 0.0299 e.